The summed E-state index contributed by atoms with van der Waals surface area (Å²) in [5.74, 6) is -0.223. The van der Waals surface area contributed by atoms with E-state index in [4.69, 9.17) is 9.47 Å². The van der Waals surface area contributed by atoms with Crippen molar-refractivity contribution in [1.82, 2.24) is 10.7 Å². The third kappa shape index (κ3) is 7.30. The Balaban J connectivity index is 1.44. The summed E-state index contributed by atoms with van der Waals surface area (Å²) in [6.45, 7) is 4.16. The van der Waals surface area contributed by atoms with Crippen molar-refractivity contribution in [2.75, 3.05) is 13.2 Å². The maximum absolute atomic E-state index is 12.3. The first-order chi connectivity index (χ1) is 16.4. The molecule has 3 aromatic rings. The summed E-state index contributed by atoms with van der Waals surface area (Å²) in [6.07, 6.45) is 1.44. The number of nitrogens with one attached hydrogen (secondary N) is 2. The summed E-state index contributed by atoms with van der Waals surface area (Å²) in [7, 11) is 0. The molecule has 0 spiro atoms. The van der Waals surface area contributed by atoms with Crippen LogP contribution in [0.15, 0.2) is 77.9 Å². The van der Waals surface area contributed by atoms with Crippen LogP contribution in [0.5, 0.6) is 11.5 Å². The molecule has 8 heteroatoms. The van der Waals surface area contributed by atoms with Gasteiger partial charge in [-0.3, -0.25) is 9.59 Å². The minimum atomic E-state index is -0.482. The summed E-state index contributed by atoms with van der Waals surface area (Å²) in [4.78, 5) is 36.2. The number of carbonyl (C=O) groups is 3. The van der Waals surface area contributed by atoms with Gasteiger partial charge in [0.2, 0.25) is 0 Å². The zero-order valence-electron chi connectivity index (χ0n) is 18.9. The molecule has 0 bridgehead atoms. The third-order valence-corrected chi connectivity index (χ3v) is 4.62. The molecule has 0 heterocycles. The van der Waals surface area contributed by atoms with Gasteiger partial charge in [-0.1, -0.05) is 17.7 Å². The van der Waals surface area contributed by atoms with Crippen molar-refractivity contribution in [3.05, 3.63) is 95.1 Å². The molecule has 8 nitrogen and oxygen atoms in total. The van der Waals surface area contributed by atoms with E-state index in [1.54, 1.807) is 60.7 Å². The molecule has 0 aliphatic heterocycles. The van der Waals surface area contributed by atoms with E-state index in [9.17, 15) is 14.4 Å². The van der Waals surface area contributed by atoms with Crippen LogP contribution in [-0.4, -0.2) is 37.1 Å². The second-order valence-corrected chi connectivity index (χ2v) is 7.26. The lowest BCUT2D eigenvalue weighted by Gasteiger charge is -2.06. The van der Waals surface area contributed by atoms with E-state index in [0.717, 1.165) is 5.56 Å². The predicted molar refractivity (Wildman–Crippen MR) is 128 cm³/mol. The van der Waals surface area contributed by atoms with Crippen molar-refractivity contribution in [2.45, 2.75) is 13.8 Å². The second-order valence-electron chi connectivity index (χ2n) is 7.26. The van der Waals surface area contributed by atoms with E-state index in [1.165, 1.54) is 6.21 Å². The Kier molecular flexibility index (Phi) is 8.51. The van der Waals surface area contributed by atoms with E-state index < -0.39 is 11.9 Å². The summed E-state index contributed by atoms with van der Waals surface area (Å²) in [5.41, 5.74) is 4.96. The molecular formula is C26H25N3O5. The van der Waals surface area contributed by atoms with Crippen LogP contribution < -0.4 is 20.2 Å². The normalized spacial score (nSPS) is 10.5. The van der Waals surface area contributed by atoms with Crippen LogP contribution in [0.2, 0.25) is 0 Å². The predicted octanol–water partition coefficient (Wildman–Crippen LogP) is 3.49. The van der Waals surface area contributed by atoms with Gasteiger partial charge >= 0.3 is 5.97 Å². The second kappa shape index (κ2) is 12.0. The summed E-state index contributed by atoms with van der Waals surface area (Å²) in [5, 5.41) is 6.40. The molecule has 0 fully saturated rings. The number of rotatable bonds is 9. The molecule has 3 rings (SSSR count). The highest BCUT2D eigenvalue weighted by Crippen LogP contribution is 2.16. The van der Waals surface area contributed by atoms with Crippen molar-refractivity contribution in [3.8, 4) is 11.5 Å². The lowest BCUT2D eigenvalue weighted by atomic mass is 10.1. The highest BCUT2D eigenvalue weighted by molar-refractivity contribution is 5.96. The van der Waals surface area contributed by atoms with Crippen LogP contribution in [0.1, 0.15) is 38.8 Å². The van der Waals surface area contributed by atoms with Gasteiger partial charge < -0.3 is 14.8 Å². The van der Waals surface area contributed by atoms with E-state index in [-0.39, 0.29) is 12.5 Å². The molecule has 2 amide bonds. The zero-order valence-corrected chi connectivity index (χ0v) is 18.9. The molecule has 0 saturated heterocycles. The van der Waals surface area contributed by atoms with E-state index in [0.29, 0.717) is 34.8 Å². The van der Waals surface area contributed by atoms with E-state index in [1.807, 2.05) is 26.0 Å². The van der Waals surface area contributed by atoms with Crippen molar-refractivity contribution in [3.63, 3.8) is 0 Å². The molecule has 0 aliphatic rings. The van der Waals surface area contributed by atoms with Crippen LogP contribution in [0, 0.1) is 6.92 Å². The quantitative estimate of drug-likeness (QED) is 0.221. The fraction of sp³-hybridized carbons (Fsp3) is 0.154. The summed E-state index contributed by atoms with van der Waals surface area (Å²) in [6, 6.07) is 20.4. The number of amides is 2. The Bertz CT molecular complexity index is 1150. The van der Waals surface area contributed by atoms with Crippen LogP contribution in [0.3, 0.4) is 0 Å². The van der Waals surface area contributed by atoms with Crippen LogP contribution in [-0.2, 0) is 4.79 Å². The summed E-state index contributed by atoms with van der Waals surface area (Å²) < 4.78 is 10.7. The molecule has 0 aliphatic carbocycles. The largest absolute Gasteiger partial charge is 0.494 e. The lowest BCUT2D eigenvalue weighted by Crippen LogP contribution is -2.34. The fourth-order valence-corrected chi connectivity index (χ4v) is 2.83. The number of esters is 1. The minimum Gasteiger partial charge on any atom is -0.494 e. The maximum Gasteiger partial charge on any atom is 0.343 e. The number of hydrogen-bond acceptors (Lipinski definition) is 6. The number of aryl methyl sites for hydroxylation is 1. The average molecular weight is 460 g/mol. The fourth-order valence-electron chi connectivity index (χ4n) is 2.83. The van der Waals surface area contributed by atoms with Gasteiger partial charge in [0.15, 0.2) is 0 Å². The van der Waals surface area contributed by atoms with Gasteiger partial charge in [-0.15, -0.1) is 0 Å². The van der Waals surface area contributed by atoms with Gasteiger partial charge in [-0.2, -0.15) is 5.10 Å². The van der Waals surface area contributed by atoms with Crippen molar-refractivity contribution in [2.24, 2.45) is 5.10 Å². The zero-order chi connectivity index (χ0) is 24.3. The van der Waals surface area contributed by atoms with Gasteiger partial charge in [0.05, 0.1) is 24.9 Å². The Labute approximate surface area is 197 Å². The molecular weight excluding hydrogens is 434 g/mol. The molecule has 174 valence electrons. The standard InChI is InChI=1S/C26H25N3O5/c1-3-33-22-14-10-21(11-15-22)26(32)34-23-12-6-19(7-13-23)16-28-29-24(30)17-27-25(31)20-8-4-18(2)5-9-20/h4-16H,3,17H2,1-2H3,(H,27,31)(H,29,30)/b28-16-. The number of benzene rings is 3. The molecule has 34 heavy (non-hydrogen) atoms. The smallest absolute Gasteiger partial charge is 0.343 e. The highest BCUT2D eigenvalue weighted by Gasteiger charge is 2.09. The summed E-state index contributed by atoms with van der Waals surface area (Å²) >= 11 is 0. The van der Waals surface area contributed by atoms with Crippen molar-refractivity contribution >= 4 is 24.0 Å². The van der Waals surface area contributed by atoms with Crippen LogP contribution in [0.4, 0.5) is 0 Å². The number of hydrogen-bond donors (Lipinski definition) is 2. The number of hydrazone groups is 1. The maximum atomic E-state index is 12.3. The molecule has 0 saturated carbocycles. The number of nitrogens with zero attached hydrogens (tertiary/aromatic N) is 1. The number of carbonyl (C=O) groups excluding carboxylic acids is 3. The van der Waals surface area contributed by atoms with Gasteiger partial charge in [0.25, 0.3) is 11.8 Å². The Morgan fingerprint density at radius 3 is 2.12 bits per heavy atom. The molecule has 0 atom stereocenters. The molecule has 0 aromatic heterocycles. The first-order valence-corrected chi connectivity index (χ1v) is 10.7. The third-order valence-electron chi connectivity index (χ3n) is 4.62. The number of ether oxygens (including phenoxy) is 2. The first kappa shape index (κ1) is 24.2. The van der Waals surface area contributed by atoms with Gasteiger partial charge in [0, 0.05) is 5.56 Å². The van der Waals surface area contributed by atoms with Crippen molar-refractivity contribution in [1.29, 1.82) is 0 Å². The topological polar surface area (TPSA) is 106 Å². The van der Waals surface area contributed by atoms with Gasteiger partial charge in [-0.05, 0) is 80.1 Å². The highest BCUT2D eigenvalue weighted by atomic mass is 16.5. The molecule has 0 unspecified atom stereocenters. The minimum absolute atomic E-state index is 0.204. The van der Waals surface area contributed by atoms with Gasteiger partial charge in [-0.25, -0.2) is 10.2 Å². The Hall–Kier alpha value is -4.46. The molecule has 0 radical (unpaired) electrons. The monoisotopic (exact) mass is 459 g/mol. The van der Waals surface area contributed by atoms with Crippen molar-refractivity contribution < 1.29 is 23.9 Å². The Morgan fingerprint density at radius 2 is 1.47 bits per heavy atom. The molecule has 2 N–H and O–H groups in total. The van der Waals surface area contributed by atoms with E-state index >= 15 is 0 Å². The molecule has 3 aromatic carbocycles. The van der Waals surface area contributed by atoms with Crippen LogP contribution >= 0.6 is 0 Å². The first-order valence-electron chi connectivity index (χ1n) is 10.7. The SMILES string of the molecule is CCOc1ccc(C(=O)Oc2ccc(/C=N\NC(=O)CNC(=O)c3ccc(C)cc3)cc2)cc1. The van der Waals surface area contributed by atoms with Gasteiger partial charge in [0.1, 0.15) is 11.5 Å². The van der Waals surface area contributed by atoms with Crippen LogP contribution in [0.25, 0.3) is 0 Å². The van der Waals surface area contributed by atoms with E-state index in [2.05, 4.69) is 15.8 Å². The Morgan fingerprint density at radius 1 is 0.853 bits per heavy atom. The lowest BCUT2D eigenvalue weighted by molar-refractivity contribution is -0.120. The average Bonchev–Trinajstić information content (AvgIpc) is 2.84.